The van der Waals surface area contributed by atoms with Crippen LogP contribution in [0.15, 0.2) is 12.7 Å². The van der Waals surface area contributed by atoms with Gasteiger partial charge in [-0.25, -0.2) is 0 Å². The Bertz CT molecular complexity index is 222. The van der Waals surface area contributed by atoms with Crippen molar-refractivity contribution in [1.82, 2.24) is 4.90 Å². The maximum absolute atomic E-state index is 10.8. The van der Waals surface area contributed by atoms with E-state index < -0.39 is 5.97 Å². The molecule has 1 N–H and O–H groups in total. The van der Waals surface area contributed by atoms with Gasteiger partial charge in [-0.3, -0.25) is 9.69 Å². The van der Waals surface area contributed by atoms with Gasteiger partial charge in [0.05, 0.1) is 5.92 Å². The van der Waals surface area contributed by atoms with Crippen molar-refractivity contribution in [2.75, 3.05) is 13.1 Å². The van der Waals surface area contributed by atoms with Gasteiger partial charge in [-0.15, -0.1) is 6.58 Å². The number of hydrogen-bond donors (Lipinski definition) is 1. The van der Waals surface area contributed by atoms with E-state index in [1.165, 1.54) is 25.7 Å². The number of nitrogens with zero attached hydrogens (tertiary/aromatic N) is 1. The number of rotatable bonds is 6. The van der Waals surface area contributed by atoms with Crippen molar-refractivity contribution < 1.29 is 9.90 Å². The molecule has 1 rings (SSSR count). The molecule has 0 aromatic rings. The Morgan fingerprint density at radius 3 is 2.67 bits per heavy atom. The fourth-order valence-corrected chi connectivity index (χ4v) is 2.24. The average molecular weight is 211 g/mol. The topological polar surface area (TPSA) is 40.5 Å². The molecule has 0 saturated heterocycles. The third-order valence-corrected chi connectivity index (χ3v) is 3.13. The van der Waals surface area contributed by atoms with Crippen molar-refractivity contribution in [3.05, 3.63) is 12.7 Å². The molecule has 3 nitrogen and oxygen atoms in total. The van der Waals surface area contributed by atoms with Gasteiger partial charge >= 0.3 is 5.97 Å². The summed E-state index contributed by atoms with van der Waals surface area (Å²) in [7, 11) is 0. The average Bonchev–Trinajstić information content (AvgIpc) is 2.69. The van der Waals surface area contributed by atoms with Crippen LogP contribution >= 0.6 is 0 Å². The smallest absolute Gasteiger partial charge is 0.307 e. The normalized spacial score (nSPS) is 19.3. The number of hydrogen-bond acceptors (Lipinski definition) is 2. The standard InChI is InChI=1S/C12H21NO2/c1-3-8-13(9-10(2)12(14)15)11-6-4-5-7-11/h3,10-11H,1,4-9H2,2H3,(H,14,15). The molecule has 0 bridgehead atoms. The molecule has 0 amide bonds. The quantitative estimate of drug-likeness (QED) is 0.684. The third kappa shape index (κ3) is 3.67. The zero-order valence-corrected chi connectivity index (χ0v) is 9.48. The zero-order chi connectivity index (χ0) is 11.3. The first kappa shape index (κ1) is 12.2. The summed E-state index contributed by atoms with van der Waals surface area (Å²) in [6, 6.07) is 0.574. The maximum Gasteiger partial charge on any atom is 0.307 e. The second kappa shape index (κ2) is 5.91. The summed E-state index contributed by atoms with van der Waals surface area (Å²) in [4.78, 5) is 13.1. The molecule has 86 valence electrons. The fraction of sp³-hybridized carbons (Fsp3) is 0.750. The van der Waals surface area contributed by atoms with Gasteiger partial charge in [-0.05, 0) is 12.8 Å². The van der Waals surface area contributed by atoms with Crippen LogP contribution in [0.4, 0.5) is 0 Å². The van der Waals surface area contributed by atoms with E-state index in [1.54, 1.807) is 6.92 Å². The van der Waals surface area contributed by atoms with Crippen molar-refractivity contribution in [2.24, 2.45) is 5.92 Å². The van der Waals surface area contributed by atoms with Crippen LogP contribution in [0.2, 0.25) is 0 Å². The molecule has 0 aliphatic heterocycles. The number of aliphatic carboxylic acids is 1. The second-order valence-electron chi connectivity index (χ2n) is 4.42. The van der Waals surface area contributed by atoms with E-state index >= 15 is 0 Å². The first-order valence-corrected chi connectivity index (χ1v) is 5.73. The van der Waals surface area contributed by atoms with Crippen molar-refractivity contribution in [2.45, 2.75) is 38.6 Å². The van der Waals surface area contributed by atoms with Crippen LogP contribution in [-0.4, -0.2) is 35.1 Å². The Morgan fingerprint density at radius 1 is 1.60 bits per heavy atom. The summed E-state index contributed by atoms with van der Waals surface area (Å²) < 4.78 is 0. The summed E-state index contributed by atoms with van der Waals surface area (Å²) in [5.41, 5.74) is 0. The predicted molar refractivity (Wildman–Crippen MR) is 60.8 cm³/mol. The minimum Gasteiger partial charge on any atom is -0.481 e. The molecule has 0 radical (unpaired) electrons. The molecule has 0 aromatic heterocycles. The highest BCUT2D eigenvalue weighted by Gasteiger charge is 2.24. The lowest BCUT2D eigenvalue weighted by Gasteiger charge is -2.28. The van der Waals surface area contributed by atoms with E-state index in [4.69, 9.17) is 5.11 Å². The van der Waals surface area contributed by atoms with E-state index in [0.29, 0.717) is 12.6 Å². The lowest BCUT2D eigenvalue weighted by atomic mass is 10.1. The Hall–Kier alpha value is -0.830. The van der Waals surface area contributed by atoms with Crippen LogP contribution in [0.5, 0.6) is 0 Å². The lowest BCUT2D eigenvalue weighted by molar-refractivity contribution is -0.141. The van der Waals surface area contributed by atoms with Crippen LogP contribution in [-0.2, 0) is 4.79 Å². The summed E-state index contributed by atoms with van der Waals surface area (Å²) in [6.07, 6.45) is 6.84. The number of carboxylic acids is 1. The van der Waals surface area contributed by atoms with Gasteiger partial charge in [0.2, 0.25) is 0 Å². The van der Waals surface area contributed by atoms with Crippen molar-refractivity contribution in [1.29, 1.82) is 0 Å². The molecule has 1 saturated carbocycles. The Labute approximate surface area is 91.8 Å². The molecule has 1 fully saturated rings. The van der Waals surface area contributed by atoms with Crippen LogP contribution in [0.3, 0.4) is 0 Å². The monoisotopic (exact) mass is 211 g/mol. The first-order valence-electron chi connectivity index (χ1n) is 5.73. The van der Waals surface area contributed by atoms with Gasteiger partial charge in [0.15, 0.2) is 0 Å². The third-order valence-electron chi connectivity index (χ3n) is 3.13. The molecule has 3 heteroatoms. The molecule has 1 unspecified atom stereocenters. The summed E-state index contributed by atoms with van der Waals surface area (Å²) in [5, 5.41) is 8.89. The Balaban J connectivity index is 2.48. The van der Waals surface area contributed by atoms with E-state index in [9.17, 15) is 4.79 Å². The molecule has 0 aromatic carbocycles. The van der Waals surface area contributed by atoms with Crippen LogP contribution in [0, 0.1) is 5.92 Å². The fourth-order valence-electron chi connectivity index (χ4n) is 2.24. The zero-order valence-electron chi connectivity index (χ0n) is 9.48. The molecule has 1 aliphatic rings. The van der Waals surface area contributed by atoms with Crippen molar-refractivity contribution >= 4 is 5.97 Å². The highest BCUT2D eigenvalue weighted by molar-refractivity contribution is 5.69. The maximum atomic E-state index is 10.8. The molecule has 1 atom stereocenters. The van der Waals surface area contributed by atoms with Gasteiger partial charge in [-0.2, -0.15) is 0 Å². The molecule has 0 heterocycles. The summed E-state index contributed by atoms with van der Waals surface area (Å²) in [5.74, 6) is -0.993. The molecule has 0 spiro atoms. The van der Waals surface area contributed by atoms with Crippen molar-refractivity contribution in [3.63, 3.8) is 0 Å². The van der Waals surface area contributed by atoms with Crippen LogP contribution in [0.25, 0.3) is 0 Å². The van der Waals surface area contributed by atoms with Gasteiger partial charge in [0.1, 0.15) is 0 Å². The molecular weight excluding hydrogens is 190 g/mol. The Kier molecular flexibility index (Phi) is 4.82. The molecule has 1 aliphatic carbocycles. The number of carbonyl (C=O) groups is 1. The van der Waals surface area contributed by atoms with E-state index in [-0.39, 0.29) is 5.92 Å². The number of carboxylic acid groups (broad SMARTS) is 1. The minimum absolute atomic E-state index is 0.287. The SMILES string of the molecule is C=CCN(CC(C)C(=O)O)C1CCCC1. The summed E-state index contributed by atoms with van der Waals surface area (Å²) in [6.45, 7) is 6.96. The largest absolute Gasteiger partial charge is 0.481 e. The van der Waals surface area contributed by atoms with E-state index in [1.807, 2.05) is 6.08 Å². The van der Waals surface area contributed by atoms with Crippen LogP contribution in [0.1, 0.15) is 32.6 Å². The van der Waals surface area contributed by atoms with Gasteiger partial charge < -0.3 is 5.11 Å². The highest BCUT2D eigenvalue weighted by Crippen LogP contribution is 2.24. The molecular formula is C12H21NO2. The van der Waals surface area contributed by atoms with Gasteiger partial charge in [0, 0.05) is 19.1 Å². The van der Waals surface area contributed by atoms with Crippen LogP contribution < -0.4 is 0 Å². The summed E-state index contributed by atoms with van der Waals surface area (Å²) >= 11 is 0. The predicted octanol–water partition coefficient (Wildman–Crippen LogP) is 2.14. The second-order valence-corrected chi connectivity index (χ2v) is 4.42. The van der Waals surface area contributed by atoms with E-state index in [2.05, 4.69) is 11.5 Å². The van der Waals surface area contributed by atoms with Gasteiger partial charge in [0.25, 0.3) is 0 Å². The minimum atomic E-state index is -0.706. The lowest BCUT2D eigenvalue weighted by Crippen LogP contribution is -2.38. The first-order chi connectivity index (χ1) is 7.15. The highest BCUT2D eigenvalue weighted by atomic mass is 16.4. The Morgan fingerprint density at radius 2 is 2.20 bits per heavy atom. The van der Waals surface area contributed by atoms with Gasteiger partial charge in [-0.1, -0.05) is 25.8 Å². The van der Waals surface area contributed by atoms with E-state index in [0.717, 1.165) is 6.54 Å². The van der Waals surface area contributed by atoms with Crippen molar-refractivity contribution in [3.8, 4) is 0 Å². The molecule has 15 heavy (non-hydrogen) atoms.